The number of rotatable bonds is 5. The first kappa shape index (κ1) is 13.4. The summed E-state index contributed by atoms with van der Waals surface area (Å²) in [7, 11) is 3.34. The highest BCUT2D eigenvalue weighted by Crippen LogP contribution is 2.00. The number of likely N-dealkylation sites (N-methyl/N-ethyl adjacent to an activating group) is 1. The van der Waals surface area contributed by atoms with Gasteiger partial charge < -0.3 is 14.2 Å². The Hall–Kier alpha value is -1.62. The van der Waals surface area contributed by atoms with Crippen molar-refractivity contribution in [2.75, 3.05) is 26.8 Å². The van der Waals surface area contributed by atoms with Crippen molar-refractivity contribution in [1.82, 2.24) is 9.47 Å². The predicted octanol–water partition coefficient (Wildman–Crippen LogP) is 0.494. The Kier molecular flexibility index (Phi) is 4.90. The van der Waals surface area contributed by atoms with Crippen LogP contribution in [0.15, 0.2) is 23.1 Å². The molecule has 5 heteroatoms. The molecule has 1 aromatic rings. The Labute approximate surface area is 101 Å². The lowest BCUT2D eigenvalue weighted by atomic mass is 10.2. The lowest BCUT2D eigenvalue weighted by molar-refractivity contribution is 0.0709. The lowest BCUT2D eigenvalue weighted by Crippen LogP contribution is -2.31. The number of ether oxygens (including phenoxy) is 1. The molecule has 0 spiro atoms. The van der Waals surface area contributed by atoms with Crippen molar-refractivity contribution < 1.29 is 9.53 Å². The fourth-order valence-corrected chi connectivity index (χ4v) is 1.35. The SMILES string of the molecule is CCOCCN(C)C(=O)c1ccn(C)c(=O)c1. The number of nitrogens with zero attached hydrogens (tertiary/aromatic N) is 2. The van der Waals surface area contributed by atoms with E-state index in [1.807, 2.05) is 6.92 Å². The van der Waals surface area contributed by atoms with Gasteiger partial charge in [0.15, 0.2) is 0 Å². The van der Waals surface area contributed by atoms with Gasteiger partial charge in [-0.25, -0.2) is 0 Å². The first-order chi connectivity index (χ1) is 8.06. The van der Waals surface area contributed by atoms with Gasteiger partial charge in [0.2, 0.25) is 0 Å². The number of carbonyl (C=O) groups is 1. The molecule has 1 aromatic heterocycles. The molecule has 0 aliphatic rings. The summed E-state index contributed by atoms with van der Waals surface area (Å²) >= 11 is 0. The van der Waals surface area contributed by atoms with E-state index < -0.39 is 0 Å². The smallest absolute Gasteiger partial charge is 0.253 e. The van der Waals surface area contributed by atoms with E-state index in [9.17, 15) is 9.59 Å². The van der Waals surface area contributed by atoms with Crippen LogP contribution in [-0.4, -0.2) is 42.2 Å². The highest BCUT2D eigenvalue weighted by molar-refractivity contribution is 5.93. The number of hydrogen-bond acceptors (Lipinski definition) is 3. The standard InChI is InChI=1S/C12H18N2O3/c1-4-17-8-7-14(3)12(16)10-5-6-13(2)11(15)9-10/h5-6,9H,4,7-8H2,1-3H3. The van der Waals surface area contributed by atoms with E-state index in [1.54, 1.807) is 31.3 Å². The summed E-state index contributed by atoms with van der Waals surface area (Å²) in [4.78, 5) is 24.9. The number of aryl methyl sites for hydroxylation is 1. The summed E-state index contributed by atoms with van der Waals surface area (Å²) in [6.07, 6.45) is 1.59. The summed E-state index contributed by atoms with van der Waals surface area (Å²) in [6, 6.07) is 2.99. The zero-order valence-electron chi connectivity index (χ0n) is 10.5. The number of hydrogen-bond donors (Lipinski definition) is 0. The molecule has 0 bridgehead atoms. The van der Waals surface area contributed by atoms with Crippen molar-refractivity contribution in [3.8, 4) is 0 Å². The Bertz CT molecular complexity index is 440. The maximum Gasteiger partial charge on any atom is 0.253 e. The Balaban J connectivity index is 2.68. The normalized spacial score (nSPS) is 10.3. The molecular weight excluding hydrogens is 220 g/mol. The third-order valence-corrected chi connectivity index (χ3v) is 2.47. The van der Waals surface area contributed by atoms with Gasteiger partial charge in [0.05, 0.1) is 6.61 Å². The van der Waals surface area contributed by atoms with Gasteiger partial charge in [0.1, 0.15) is 0 Å². The highest BCUT2D eigenvalue weighted by atomic mass is 16.5. The fourth-order valence-electron chi connectivity index (χ4n) is 1.35. The average Bonchev–Trinajstić information content (AvgIpc) is 2.32. The second-order valence-corrected chi connectivity index (χ2v) is 3.79. The zero-order chi connectivity index (χ0) is 12.8. The minimum Gasteiger partial charge on any atom is -0.380 e. The molecule has 0 saturated carbocycles. The number of carbonyl (C=O) groups excluding carboxylic acids is 1. The van der Waals surface area contributed by atoms with Gasteiger partial charge in [0.25, 0.3) is 11.5 Å². The molecule has 0 atom stereocenters. The molecule has 0 aliphatic carbocycles. The topological polar surface area (TPSA) is 51.5 Å². The van der Waals surface area contributed by atoms with Crippen molar-refractivity contribution in [1.29, 1.82) is 0 Å². The minimum absolute atomic E-state index is 0.164. The van der Waals surface area contributed by atoms with E-state index in [2.05, 4.69) is 0 Å². The van der Waals surface area contributed by atoms with Crippen molar-refractivity contribution >= 4 is 5.91 Å². The summed E-state index contributed by atoms with van der Waals surface area (Å²) < 4.78 is 6.60. The van der Waals surface area contributed by atoms with E-state index in [0.717, 1.165) is 0 Å². The molecular formula is C12H18N2O3. The van der Waals surface area contributed by atoms with Crippen LogP contribution in [0.2, 0.25) is 0 Å². The maximum absolute atomic E-state index is 11.9. The molecule has 0 N–H and O–H groups in total. The zero-order valence-corrected chi connectivity index (χ0v) is 10.5. The van der Waals surface area contributed by atoms with Gasteiger partial charge in [-0.1, -0.05) is 0 Å². The van der Waals surface area contributed by atoms with E-state index >= 15 is 0 Å². The van der Waals surface area contributed by atoms with Gasteiger partial charge in [-0.2, -0.15) is 0 Å². The predicted molar refractivity (Wildman–Crippen MR) is 65.1 cm³/mol. The fraction of sp³-hybridized carbons (Fsp3) is 0.500. The van der Waals surface area contributed by atoms with Crippen molar-refractivity contribution in [2.24, 2.45) is 7.05 Å². The Morgan fingerprint density at radius 1 is 1.53 bits per heavy atom. The van der Waals surface area contributed by atoms with Crippen LogP contribution in [0.3, 0.4) is 0 Å². The van der Waals surface area contributed by atoms with Crippen molar-refractivity contribution in [3.05, 3.63) is 34.2 Å². The maximum atomic E-state index is 11.9. The highest BCUT2D eigenvalue weighted by Gasteiger charge is 2.11. The Morgan fingerprint density at radius 2 is 2.24 bits per heavy atom. The molecule has 0 fully saturated rings. The van der Waals surface area contributed by atoms with Crippen LogP contribution >= 0.6 is 0 Å². The summed E-state index contributed by atoms with van der Waals surface area (Å²) in [6.45, 7) is 3.56. The minimum atomic E-state index is -0.186. The molecule has 0 aliphatic heterocycles. The molecule has 0 aromatic carbocycles. The van der Waals surface area contributed by atoms with E-state index in [1.165, 1.54) is 10.6 Å². The van der Waals surface area contributed by atoms with E-state index in [0.29, 0.717) is 25.3 Å². The largest absolute Gasteiger partial charge is 0.380 e. The average molecular weight is 238 g/mol. The third kappa shape index (κ3) is 3.71. The van der Waals surface area contributed by atoms with Crippen LogP contribution in [0, 0.1) is 0 Å². The van der Waals surface area contributed by atoms with Crippen LogP contribution in [0.1, 0.15) is 17.3 Å². The second kappa shape index (κ2) is 6.20. The molecule has 1 amide bonds. The number of amides is 1. The molecule has 17 heavy (non-hydrogen) atoms. The molecule has 1 rings (SSSR count). The summed E-state index contributed by atoms with van der Waals surface area (Å²) in [5.41, 5.74) is 0.223. The third-order valence-electron chi connectivity index (χ3n) is 2.47. The van der Waals surface area contributed by atoms with Crippen molar-refractivity contribution in [2.45, 2.75) is 6.92 Å². The summed E-state index contributed by atoms with van der Waals surface area (Å²) in [5, 5.41) is 0. The molecule has 0 radical (unpaired) electrons. The van der Waals surface area contributed by atoms with E-state index in [4.69, 9.17) is 4.74 Å². The first-order valence-electron chi connectivity index (χ1n) is 5.56. The lowest BCUT2D eigenvalue weighted by Gasteiger charge is -2.16. The quantitative estimate of drug-likeness (QED) is 0.702. The van der Waals surface area contributed by atoms with Crippen LogP contribution in [0.4, 0.5) is 0 Å². The van der Waals surface area contributed by atoms with Crippen LogP contribution in [-0.2, 0) is 11.8 Å². The molecule has 1 heterocycles. The molecule has 0 unspecified atom stereocenters. The van der Waals surface area contributed by atoms with Crippen LogP contribution in [0.25, 0.3) is 0 Å². The van der Waals surface area contributed by atoms with Gasteiger partial charge in [-0.05, 0) is 13.0 Å². The molecule has 94 valence electrons. The van der Waals surface area contributed by atoms with Gasteiger partial charge in [-0.15, -0.1) is 0 Å². The van der Waals surface area contributed by atoms with Crippen LogP contribution in [0.5, 0.6) is 0 Å². The van der Waals surface area contributed by atoms with Crippen molar-refractivity contribution in [3.63, 3.8) is 0 Å². The summed E-state index contributed by atoms with van der Waals surface area (Å²) in [5.74, 6) is -0.164. The van der Waals surface area contributed by atoms with Gasteiger partial charge in [0, 0.05) is 45.1 Å². The van der Waals surface area contributed by atoms with Gasteiger partial charge in [-0.3, -0.25) is 9.59 Å². The number of pyridine rings is 1. The molecule has 0 saturated heterocycles. The Morgan fingerprint density at radius 3 is 2.82 bits per heavy atom. The monoisotopic (exact) mass is 238 g/mol. The molecule has 5 nitrogen and oxygen atoms in total. The first-order valence-corrected chi connectivity index (χ1v) is 5.56. The van der Waals surface area contributed by atoms with Crippen LogP contribution < -0.4 is 5.56 Å². The number of aromatic nitrogens is 1. The van der Waals surface area contributed by atoms with Gasteiger partial charge >= 0.3 is 0 Å². The second-order valence-electron chi connectivity index (χ2n) is 3.79. The van der Waals surface area contributed by atoms with E-state index in [-0.39, 0.29) is 11.5 Å².